The first-order valence-electron chi connectivity index (χ1n) is 6.71. The van der Waals surface area contributed by atoms with Gasteiger partial charge in [-0.05, 0) is 42.7 Å². The Morgan fingerprint density at radius 3 is 2.30 bits per heavy atom. The van der Waals surface area contributed by atoms with E-state index >= 15 is 0 Å². The summed E-state index contributed by atoms with van der Waals surface area (Å²) in [6.45, 7) is 4.62. The van der Waals surface area contributed by atoms with Crippen molar-refractivity contribution in [2.24, 2.45) is 5.73 Å². The maximum Gasteiger partial charge on any atom is 0.123 e. The number of rotatable bonds is 5. The molecular weight excluding hydrogens is 269 g/mol. The van der Waals surface area contributed by atoms with E-state index in [2.05, 4.69) is 32.0 Å². The molecule has 0 aliphatic heterocycles. The number of hydrogen-bond acceptors (Lipinski definition) is 2. The van der Waals surface area contributed by atoms with Gasteiger partial charge in [-0.2, -0.15) is 11.8 Å². The van der Waals surface area contributed by atoms with Gasteiger partial charge in [-0.15, -0.1) is 0 Å². The maximum atomic E-state index is 13.1. The minimum absolute atomic E-state index is 0.214. The van der Waals surface area contributed by atoms with E-state index in [0.29, 0.717) is 6.54 Å². The average molecular weight is 289 g/mol. The van der Waals surface area contributed by atoms with E-state index in [4.69, 9.17) is 5.73 Å². The van der Waals surface area contributed by atoms with E-state index in [1.54, 1.807) is 0 Å². The molecule has 2 rings (SSSR count). The van der Waals surface area contributed by atoms with E-state index < -0.39 is 0 Å². The molecule has 0 aliphatic carbocycles. The summed E-state index contributed by atoms with van der Waals surface area (Å²) in [5, 5.41) is 0. The minimum Gasteiger partial charge on any atom is -0.326 e. The maximum absolute atomic E-state index is 13.1. The fourth-order valence-corrected chi connectivity index (χ4v) is 3.36. The van der Waals surface area contributed by atoms with Gasteiger partial charge in [0, 0.05) is 18.1 Å². The summed E-state index contributed by atoms with van der Waals surface area (Å²) in [7, 11) is 0. The van der Waals surface area contributed by atoms with Gasteiger partial charge < -0.3 is 5.73 Å². The van der Waals surface area contributed by atoms with Crippen molar-refractivity contribution in [3.63, 3.8) is 0 Å². The molecule has 0 unspecified atom stereocenters. The Balaban J connectivity index is 1.99. The van der Waals surface area contributed by atoms with Crippen molar-refractivity contribution in [3.05, 3.63) is 70.0 Å². The van der Waals surface area contributed by atoms with Crippen LogP contribution >= 0.6 is 11.8 Å². The van der Waals surface area contributed by atoms with Crippen LogP contribution in [0.4, 0.5) is 4.39 Å². The van der Waals surface area contributed by atoms with Gasteiger partial charge in [-0.1, -0.05) is 35.4 Å². The van der Waals surface area contributed by atoms with Gasteiger partial charge >= 0.3 is 0 Å². The molecule has 0 atom stereocenters. The summed E-state index contributed by atoms with van der Waals surface area (Å²) in [6, 6.07) is 11.5. The lowest BCUT2D eigenvalue weighted by Crippen LogP contribution is -2.01. The Morgan fingerprint density at radius 2 is 1.65 bits per heavy atom. The highest BCUT2D eigenvalue weighted by atomic mass is 32.2. The molecule has 0 radical (unpaired) electrons. The van der Waals surface area contributed by atoms with E-state index in [1.165, 1.54) is 28.8 Å². The highest BCUT2D eigenvalue weighted by molar-refractivity contribution is 7.97. The summed E-state index contributed by atoms with van der Waals surface area (Å²) in [6.07, 6.45) is 0. The van der Waals surface area contributed by atoms with Crippen molar-refractivity contribution >= 4 is 11.8 Å². The smallest absolute Gasteiger partial charge is 0.123 e. The SMILES string of the molecule is Cc1cc(C)cc(CSCc2ccc(F)cc2CN)c1. The normalized spacial score (nSPS) is 10.8. The van der Waals surface area contributed by atoms with Gasteiger partial charge in [0.2, 0.25) is 0 Å². The minimum atomic E-state index is -0.214. The first kappa shape index (κ1) is 15.1. The van der Waals surface area contributed by atoms with Gasteiger partial charge in [0.1, 0.15) is 5.82 Å². The molecule has 0 aliphatic rings. The van der Waals surface area contributed by atoms with Gasteiger partial charge in [-0.3, -0.25) is 0 Å². The monoisotopic (exact) mass is 289 g/mol. The molecule has 0 saturated heterocycles. The van der Waals surface area contributed by atoms with Crippen LogP contribution in [-0.2, 0) is 18.1 Å². The first-order chi connectivity index (χ1) is 9.58. The molecule has 0 spiro atoms. The zero-order valence-corrected chi connectivity index (χ0v) is 12.8. The Labute approximate surface area is 124 Å². The Hall–Kier alpha value is -1.32. The lowest BCUT2D eigenvalue weighted by atomic mass is 10.1. The molecule has 20 heavy (non-hydrogen) atoms. The molecular formula is C17H20FNS. The summed E-state index contributed by atoms with van der Waals surface area (Å²) < 4.78 is 13.1. The molecule has 1 nitrogen and oxygen atoms in total. The van der Waals surface area contributed by atoms with E-state index in [1.807, 2.05) is 17.8 Å². The molecule has 0 bridgehead atoms. The number of aryl methyl sites for hydroxylation is 2. The molecule has 0 heterocycles. The van der Waals surface area contributed by atoms with Crippen LogP contribution in [0.2, 0.25) is 0 Å². The van der Waals surface area contributed by atoms with Crippen LogP contribution in [0.3, 0.4) is 0 Å². The fourth-order valence-electron chi connectivity index (χ4n) is 2.36. The number of nitrogens with two attached hydrogens (primary N) is 1. The summed E-state index contributed by atoms with van der Waals surface area (Å²) in [5.41, 5.74) is 11.6. The second kappa shape index (κ2) is 6.91. The van der Waals surface area contributed by atoms with Crippen molar-refractivity contribution in [2.45, 2.75) is 31.9 Å². The first-order valence-corrected chi connectivity index (χ1v) is 7.86. The molecule has 0 fully saturated rings. The second-order valence-electron chi connectivity index (χ2n) is 5.11. The van der Waals surface area contributed by atoms with Crippen LogP contribution < -0.4 is 5.73 Å². The quantitative estimate of drug-likeness (QED) is 0.886. The van der Waals surface area contributed by atoms with E-state index in [9.17, 15) is 4.39 Å². The molecule has 106 valence electrons. The number of halogens is 1. The number of benzene rings is 2. The molecule has 2 N–H and O–H groups in total. The van der Waals surface area contributed by atoms with E-state index in [0.717, 1.165) is 22.6 Å². The van der Waals surface area contributed by atoms with Gasteiger partial charge in [0.15, 0.2) is 0 Å². The lowest BCUT2D eigenvalue weighted by Gasteiger charge is -2.09. The van der Waals surface area contributed by atoms with Crippen LogP contribution in [0.15, 0.2) is 36.4 Å². The second-order valence-corrected chi connectivity index (χ2v) is 6.09. The molecule has 0 saturated carbocycles. The van der Waals surface area contributed by atoms with Gasteiger partial charge in [0.05, 0.1) is 0 Å². The summed E-state index contributed by atoms with van der Waals surface area (Å²) in [5.74, 6) is 1.61. The largest absolute Gasteiger partial charge is 0.326 e. The summed E-state index contributed by atoms with van der Waals surface area (Å²) >= 11 is 1.83. The van der Waals surface area contributed by atoms with Crippen molar-refractivity contribution in [1.29, 1.82) is 0 Å². The van der Waals surface area contributed by atoms with E-state index in [-0.39, 0.29) is 5.82 Å². The van der Waals surface area contributed by atoms with Crippen molar-refractivity contribution in [2.75, 3.05) is 0 Å². The Bertz CT molecular complexity index is 575. The average Bonchev–Trinajstić information content (AvgIpc) is 2.39. The van der Waals surface area contributed by atoms with Gasteiger partial charge in [0.25, 0.3) is 0 Å². The molecule has 0 aromatic heterocycles. The Kier molecular flexibility index (Phi) is 5.21. The van der Waals surface area contributed by atoms with Crippen molar-refractivity contribution in [3.8, 4) is 0 Å². The third-order valence-corrected chi connectivity index (χ3v) is 4.25. The highest BCUT2D eigenvalue weighted by Gasteiger charge is 2.04. The van der Waals surface area contributed by atoms with Crippen LogP contribution in [-0.4, -0.2) is 0 Å². The molecule has 3 heteroatoms. The standard InChI is InChI=1S/C17H20FNS/c1-12-5-13(2)7-14(6-12)10-20-11-15-3-4-17(18)8-16(15)9-19/h3-8H,9-11,19H2,1-2H3. The van der Waals surface area contributed by atoms with Crippen molar-refractivity contribution < 1.29 is 4.39 Å². The molecule has 0 amide bonds. The van der Waals surface area contributed by atoms with Crippen LogP contribution in [0.5, 0.6) is 0 Å². The number of hydrogen-bond donors (Lipinski definition) is 1. The highest BCUT2D eigenvalue weighted by Crippen LogP contribution is 2.22. The molecule has 2 aromatic carbocycles. The fraction of sp³-hybridized carbons (Fsp3) is 0.294. The topological polar surface area (TPSA) is 26.0 Å². The third kappa shape index (κ3) is 4.09. The zero-order chi connectivity index (χ0) is 14.5. The van der Waals surface area contributed by atoms with Crippen LogP contribution in [0, 0.1) is 19.7 Å². The predicted molar refractivity (Wildman–Crippen MR) is 85.2 cm³/mol. The number of thioether (sulfide) groups is 1. The lowest BCUT2D eigenvalue weighted by molar-refractivity contribution is 0.624. The van der Waals surface area contributed by atoms with Crippen LogP contribution in [0.25, 0.3) is 0 Å². The van der Waals surface area contributed by atoms with Gasteiger partial charge in [-0.25, -0.2) is 4.39 Å². The zero-order valence-electron chi connectivity index (χ0n) is 11.9. The summed E-state index contributed by atoms with van der Waals surface area (Å²) in [4.78, 5) is 0. The Morgan fingerprint density at radius 1 is 0.950 bits per heavy atom. The molecule has 2 aromatic rings. The predicted octanol–water partition coefficient (Wildman–Crippen LogP) is 4.33. The van der Waals surface area contributed by atoms with Crippen molar-refractivity contribution in [1.82, 2.24) is 0 Å². The third-order valence-electron chi connectivity index (χ3n) is 3.20. The van der Waals surface area contributed by atoms with Crippen LogP contribution in [0.1, 0.15) is 27.8 Å².